The van der Waals surface area contributed by atoms with Crippen LogP contribution in [0.4, 0.5) is 4.79 Å². The van der Waals surface area contributed by atoms with Crippen molar-refractivity contribution in [1.82, 2.24) is 9.96 Å². The minimum atomic E-state index is -2.68. The lowest BCUT2D eigenvalue weighted by Gasteiger charge is -2.21. The van der Waals surface area contributed by atoms with Crippen molar-refractivity contribution >= 4 is 11.9 Å². The first-order valence-corrected chi connectivity index (χ1v) is 3.28. The van der Waals surface area contributed by atoms with Gasteiger partial charge in [0.2, 0.25) is 0 Å². The maximum atomic E-state index is 11.0. The van der Waals surface area contributed by atoms with Crippen LogP contribution in [0.1, 0.15) is 0 Å². The molecule has 0 aromatic heterocycles. The van der Waals surface area contributed by atoms with E-state index in [1.807, 2.05) is 0 Å². The highest BCUT2D eigenvalue weighted by atomic mass is 16.6. The molecule has 3 amide bonds. The number of amides is 3. The van der Waals surface area contributed by atoms with E-state index in [9.17, 15) is 14.7 Å². The van der Waals surface area contributed by atoms with Crippen molar-refractivity contribution in [3.05, 3.63) is 0 Å². The first-order chi connectivity index (χ1) is 5.99. The minimum absolute atomic E-state index is 0.191. The Morgan fingerprint density at radius 2 is 1.85 bits per heavy atom. The molecule has 1 aliphatic heterocycles. The second-order valence-electron chi connectivity index (χ2n) is 2.44. The quantitative estimate of drug-likeness (QED) is 0.278. The molecule has 8 heteroatoms. The molecule has 13 heavy (non-hydrogen) atoms. The molecule has 4 N–H and O–H groups in total. The smallest absolute Gasteiger partial charge is 0.355 e. The van der Waals surface area contributed by atoms with Gasteiger partial charge in [0.15, 0.2) is 0 Å². The molecule has 0 aromatic rings. The fourth-order valence-corrected chi connectivity index (χ4v) is 0.925. The average Bonchev–Trinajstić information content (AvgIpc) is 2.29. The van der Waals surface area contributed by atoms with E-state index in [-0.39, 0.29) is 9.96 Å². The van der Waals surface area contributed by atoms with Crippen molar-refractivity contribution in [2.24, 2.45) is 0 Å². The topological polar surface area (TPSA) is 122 Å². The summed E-state index contributed by atoms with van der Waals surface area (Å²) in [5.74, 6) is -1.27. The maximum Gasteiger partial charge on any atom is 0.355 e. The van der Waals surface area contributed by atoms with Gasteiger partial charge in [-0.05, 0) is 0 Å². The number of carbonyl (C=O) groups excluding carboxylic acids is 2. The number of aliphatic hydroxyl groups is 3. The molecule has 1 aliphatic rings. The third-order valence-corrected chi connectivity index (χ3v) is 1.71. The van der Waals surface area contributed by atoms with Crippen LogP contribution >= 0.6 is 0 Å². The van der Waals surface area contributed by atoms with E-state index in [4.69, 9.17) is 15.4 Å². The molecule has 1 rings (SSSR count). The standard InChI is InChI=1S/C5H8N2O6/c8-1-5(12)3(10)6(2-9)4(11)7(5)13/h8-9,12-13H,1-2H2. The third kappa shape index (κ3) is 1.08. The summed E-state index contributed by atoms with van der Waals surface area (Å²) >= 11 is 0. The largest absolute Gasteiger partial charge is 0.391 e. The fourth-order valence-electron chi connectivity index (χ4n) is 0.925. The van der Waals surface area contributed by atoms with E-state index in [0.717, 1.165) is 0 Å². The summed E-state index contributed by atoms with van der Waals surface area (Å²) in [5.41, 5.74) is -2.68. The minimum Gasteiger partial charge on any atom is -0.391 e. The zero-order valence-electron chi connectivity index (χ0n) is 6.41. The molecule has 1 unspecified atom stereocenters. The Kier molecular flexibility index (Phi) is 2.22. The molecule has 0 aromatic carbocycles. The van der Waals surface area contributed by atoms with Gasteiger partial charge in [-0.25, -0.2) is 9.69 Å². The van der Waals surface area contributed by atoms with Crippen LogP contribution in [-0.4, -0.2) is 61.5 Å². The van der Waals surface area contributed by atoms with Crippen LogP contribution in [0.2, 0.25) is 0 Å². The highest BCUT2D eigenvalue weighted by molar-refractivity contribution is 6.05. The number of hydrogen-bond donors (Lipinski definition) is 4. The summed E-state index contributed by atoms with van der Waals surface area (Å²) < 4.78 is 0. The Bertz CT molecular complexity index is 255. The Morgan fingerprint density at radius 3 is 2.08 bits per heavy atom. The molecular formula is C5H8N2O6. The van der Waals surface area contributed by atoms with Crippen molar-refractivity contribution in [2.45, 2.75) is 5.72 Å². The van der Waals surface area contributed by atoms with Gasteiger partial charge < -0.3 is 15.3 Å². The second-order valence-corrected chi connectivity index (χ2v) is 2.44. The number of carbonyl (C=O) groups is 2. The van der Waals surface area contributed by atoms with Crippen LogP contribution in [-0.2, 0) is 4.79 Å². The summed E-state index contributed by atoms with van der Waals surface area (Å²) in [6.45, 7) is -2.12. The molecule has 1 saturated heterocycles. The third-order valence-electron chi connectivity index (χ3n) is 1.71. The summed E-state index contributed by atoms with van der Waals surface area (Å²) in [7, 11) is 0. The zero-order chi connectivity index (χ0) is 10.2. The Hall–Kier alpha value is -1.22. The Labute approximate surface area is 72.2 Å². The van der Waals surface area contributed by atoms with Crippen LogP contribution in [0.15, 0.2) is 0 Å². The van der Waals surface area contributed by atoms with Crippen molar-refractivity contribution in [3.8, 4) is 0 Å². The van der Waals surface area contributed by atoms with Crippen LogP contribution in [0, 0.1) is 0 Å². The summed E-state index contributed by atoms with van der Waals surface area (Å²) in [5, 5.41) is 34.8. The van der Waals surface area contributed by atoms with Gasteiger partial charge in [0.25, 0.3) is 11.6 Å². The van der Waals surface area contributed by atoms with Crippen molar-refractivity contribution in [1.29, 1.82) is 0 Å². The predicted octanol–water partition coefficient (Wildman–Crippen LogP) is -2.73. The lowest BCUT2D eigenvalue weighted by molar-refractivity contribution is -0.218. The van der Waals surface area contributed by atoms with E-state index >= 15 is 0 Å². The summed E-state index contributed by atoms with van der Waals surface area (Å²) in [6, 6.07) is -1.29. The van der Waals surface area contributed by atoms with Crippen molar-refractivity contribution < 1.29 is 30.1 Å². The molecule has 74 valence electrons. The lowest BCUT2D eigenvalue weighted by atomic mass is 10.2. The predicted molar refractivity (Wildman–Crippen MR) is 35.0 cm³/mol. The van der Waals surface area contributed by atoms with Gasteiger partial charge in [0.1, 0.15) is 13.3 Å². The lowest BCUT2D eigenvalue weighted by Crippen LogP contribution is -2.51. The van der Waals surface area contributed by atoms with Crippen LogP contribution < -0.4 is 0 Å². The monoisotopic (exact) mass is 192 g/mol. The molecule has 0 saturated carbocycles. The SMILES string of the molecule is O=C1N(CO)C(=O)C(O)(CO)N1O. The van der Waals surface area contributed by atoms with E-state index < -0.39 is 31.0 Å². The summed E-state index contributed by atoms with van der Waals surface area (Å²) in [4.78, 5) is 22.1. The van der Waals surface area contributed by atoms with Gasteiger partial charge in [0, 0.05) is 0 Å². The molecule has 1 atom stereocenters. The highest BCUT2D eigenvalue weighted by Crippen LogP contribution is 2.22. The number of hydrogen-bond acceptors (Lipinski definition) is 6. The van der Waals surface area contributed by atoms with Gasteiger partial charge in [0.05, 0.1) is 0 Å². The number of rotatable bonds is 2. The second kappa shape index (κ2) is 2.92. The number of urea groups is 1. The molecule has 0 aliphatic carbocycles. The molecule has 0 spiro atoms. The van der Waals surface area contributed by atoms with Crippen molar-refractivity contribution in [3.63, 3.8) is 0 Å². The Balaban J connectivity index is 3.05. The van der Waals surface area contributed by atoms with Gasteiger partial charge in [-0.1, -0.05) is 0 Å². The number of aliphatic hydroxyl groups excluding tert-OH is 2. The number of imide groups is 1. The average molecular weight is 192 g/mol. The zero-order valence-corrected chi connectivity index (χ0v) is 6.41. The molecule has 0 bridgehead atoms. The van der Waals surface area contributed by atoms with Gasteiger partial charge in [-0.3, -0.25) is 10.0 Å². The van der Waals surface area contributed by atoms with Gasteiger partial charge in [-0.2, -0.15) is 5.06 Å². The van der Waals surface area contributed by atoms with Gasteiger partial charge >= 0.3 is 6.03 Å². The first-order valence-electron chi connectivity index (χ1n) is 3.28. The molecule has 1 fully saturated rings. The normalized spacial score (nSPS) is 28.9. The first kappa shape index (κ1) is 9.86. The number of hydroxylamine groups is 2. The number of nitrogens with zero attached hydrogens (tertiary/aromatic N) is 2. The Morgan fingerprint density at radius 1 is 1.31 bits per heavy atom. The van der Waals surface area contributed by atoms with Crippen LogP contribution in [0.5, 0.6) is 0 Å². The van der Waals surface area contributed by atoms with E-state index in [0.29, 0.717) is 0 Å². The van der Waals surface area contributed by atoms with Gasteiger partial charge in [-0.15, -0.1) is 0 Å². The van der Waals surface area contributed by atoms with Crippen LogP contribution in [0.25, 0.3) is 0 Å². The highest BCUT2D eigenvalue weighted by Gasteiger charge is 2.56. The maximum absolute atomic E-state index is 11.0. The molecule has 8 nitrogen and oxygen atoms in total. The molecule has 0 radical (unpaired) electrons. The summed E-state index contributed by atoms with van der Waals surface area (Å²) in [6.07, 6.45) is 0. The van der Waals surface area contributed by atoms with E-state index in [1.165, 1.54) is 0 Å². The van der Waals surface area contributed by atoms with E-state index in [2.05, 4.69) is 0 Å². The van der Waals surface area contributed by atoms with Crippen LogP contribution in [0.3, 0.4) is 0 Å². The molecule has 1 heterocycles. The van der Waals surface area contributed by atoms with Crippen molar-refractivity contribution in [2.75, 3.05) is 13.3 Å². The fraction of sp³-hybridized carbons (Fsp3) is 0.600. The van der Waals surface area contributed by atoms with E-state index in [1.54, 1.807) is 0 Å². The molecular weight excluding hydrogens is 184 g/mol.